The molecule has 0 amide bonds. The fraction of sp³-hybridized carbons (Fsp3) is 0.318. The van der Waals surface area contributed by atoms with Gasteiger partial charge in [-0.25, -0.2) is 0 Å². The minimum atomic E-state index is -0.596. The van der Waals surface area contributed by atoms with Crippen LogP contribution in [0.25, 0.3) is 0 Å². The predicted octanol–water partition coefficient (Wildman–Crippen LogP) is 3.11. The maximum absolute atomic E-state index is 10.3. The fourth-order valence-corrected chi connectivity index (χ4v) is 3.08. The van der Waals surface area contributed by atoms with Crippen LogP contribution in [0, 0.1) is 0 Å². The first kappa shape index (κ1) is 19.1. The van der Waals surface area contributed by atoms with Crippen LogP contribution in [0.1, 0.15) is 12.0 Å². The Morgan fingerprint density at radius 3 is 2.59 bits per heavy atom. The number of aliphatic hydroxyl groups excluding tert-OH is 1. The van der Waals surface area contributed by atoms with Crippen LogP contribution < -0.4 is 4.74 Å². The third-order valence-corrected chi connectivity index (χ3v) is 4.34. The lowest BCUT2D eigenvalue weighted by molar-refractivity contribution is 0.0283. The minimum Gasteiger partial charge on any atom is -0.491 e. The van der Waals surface area contributed by atoms with Crippen molar-refractivity contribution < 1.29 is 14.7 Å². The number of hydrogen-bond acceptors (Lipinski definition) is 5. The van der Waals surface area contributed by atoms with Gasteiger partial charge in [-0.15, -0.1) is 6.58 Å². The smallest absolute Gasteiger partial charge is 0.145 e. The second kappa shape index (κ2) is 9.90. The summed E-state index contributed by atoms with van der Waals surface area (Å²) in [5.41, 5.74) is 2.05. The topological polar surface area (TPSA) is 54.3 Å². The molecule has 0 saturated heterocycles. The number of nitrogens with zero attached hydrogens (tertiary/aromatic N) is 2. The summed E-state index contributed by atoms with van der Waals surface area (Å²) in [4.78, 5) is 7.72. The van der Waals surface area contributed by atoms with E-state index in [1.807, 2.05) is 66.7 Å². The molecule has 3 rings (SSSR count). The Kier molecular flexibility index (Phi) is 7.02. The number of rotatable bonds is 10. The second-order valence-electron chi connectivity index (χ2n) is 6.62. The van der Waals surface area contributed by atoms with Crippen LogP contribution in [-0.4, -0.2) is 54.2 Å². The zero-order valence-electron chi connectivity index (χ0n) is 15.4. The monoisotopic (exact) mass is 366 g/mol. The Balaban J connectivity index is 1.47. The quantitative estimate of drug-likeness (QED) is 0.657. The highest BCUT2D eigenvalue weighted by molar-refractivity contribution is 6.01. The van der Waals surface area contributed by atoms with E-state index in [4.69, 9.17) is 9.57 Å². The number of oxime groups is 1. The van der Waals surface area contributed by atoms with Crippen LogP contribution >= 0.6 is 0 Å². The summed E-state index contributed by atoms with van der Waals surface area (Å²) < 4.78 is 5.64. The predicted molar refractivity (Wildman–Crippen MR) is 107 cm³/mol. The van der Waals surface area contributed by atoms with E-state index in [1.165, 1.54) is 0 Å². The number of hydrogen-bond donors (Lipinski definition) is 1. The van der Waals surface area contributed by atoms with E-state index in [0.717, 1.165) is 23.4 Å². The molecule has 1 aliphatic heterocycles. The number of aliphatic hydroxyl groups is 1. The van der Waals surface area contributed by atoms with Crippen LogP contribution in [-0.2, 0) is 4.84 Å². The van der Waals surface area contributed by atoms with E-state index in [0.29, 0.717) is 19.6 Å². The summed E-state index contributed by atoms with van der Waals surface area (Å²) >= 11 is 0. The molecule has 142 valence electrons. The van der Waals surface area contributed by atoms with E-state index in [1.54, 1.807) is 0 Å². The van der Waals surface area contributed by atoms with Crippen LogP contribution in [0.3, 0.4) is 0 Å². The zero-order chi connectivity index (χ0) is 18.9. The van der Waals surface area contributed by atoms with Gasteiger partial charge in [0.05, 0.1) is 5.71 Å². The van der Waals surface area contributed by atoms with Crippen molar-refractivity contribution in [2.24, 2.45) is 5.16 Å². The van der Waals surface area contributed by atoms with Crippen LogP contribution in [0.2, 0.25) is 0 Å². The van der Waals surface area contributed by atoms with Gasteiger partial charge >= 0.3 is 0 Å². The second-order valence-corrected chi connectivity index (χ2v) is 6.62. The first-order chi connectivity index (χ1) is 13.2. The van der Waals surface area contributed by atoms with Crippen molar-refractivity contribution in [1.29, 1.82) is 0 Å². The summed E-state index contributed by atoms with van der Waals surface area (Å²) in [5.74, 6) is 0.756. The van der Waals surface area contributed by atoms with Crippen molar-refractivity contribution >= 4 is 5.71 Å². The fourth-order valence-electron chi connectivity index (χ4n) is 3.08. The van der Waals surface area contributed by atoms with Gasteiger partial charge in [0.1, 0.15) is 24.6 Å². The van der Waals surface area contributed by atoms with E-state index in [-0.39, 0.29) is 12.7 Å². The Hall–Kier alpha value is -2.63. The highest BCUT2D eigenvalue weighted by Crippen LogP contribution is 2.18. The van der Waals surface area contributed by atoms with Gasteiger partial charge in [-0.3, -0.25) is 4.90 Å². The molecule has 0 unspecified atom stereocenters. The van der Waals surface area contributed by atoms with Crippen LogP contribution in [0.15, 0.2) is 78.5 Å². The third-order valence-electron chi connectivity index (χ3n) is 4.34. The normalized spacial score (nSPS) is 17.3. The molecule has 0 spiro atoms. The SMILES string of the molecule is C=CCN(C[C@H](O)COc1ccccc1)C[C@H]1CC(c2ccccc2)=NO1. The Bertz CT molecular complexity index is 734. The molecule has 0 aromatic heterocycles. The lowest BCUT2D eigenvalue weighted by Crippen LogP contribution is -2.40. The van der Waals surface area contributed by atoms with Crippen LogP contribution in [0.5, 0.6) is 5.75 Å². The molecule has 2 atom stereocenters. The van der Waals surface area contributed by atoms with Crippen molar-refractivity contribution in [3.63, 3.8) is 0 Å². The van der Waals surface area contributed by atoms with Gasteiger partial charge in [-0.2, -0.15) is 0 Å². The molecule has 2 aromatic carbocycles. The molecule has 1 N–H and O–H groups in total. The molecule has 1 heterocycles. The molecular weight excluding hydrogens is 340 g/mol. The van der Waals surface area contributed by atoms with Crippen molar-refractivity contribution in [2.45, 2.75) is 18.6 Å². The van der Waals surface area contributed by atoms with E-state index < -0.39 is 6.10 Å². The molecule has 5 heteroatoms. The third kappa shape index (κ3) is 5.94. The van der Waals surface area contributed by atoms with Crippen LogP contribution in [0.4, 0.5) is 0 Å². The molecule has 2 aromatic rings. The van der Waals surface area contributed by atoms with E-state index in [2.05, 4.69) is 16.6 Å². The number of para-hydroxylation sites is 1. The zero-order valence-corrected chi connectivity index (χ0v) is 15.4. The molecule has 27 heavy (non-hydrogen) atoms. The largest absolute Gasteiger partial charge is 0.491 e. The lowest BCUT2D eigenvalue weighted by Gasteiger charge is -2.25. The summed E-state index contributed by atoms with van der Waals surface area (Å²) in [6.45, 7) is 5.89. The number of benzene rings is 2. The molecule has 0 radical (unpaired) electrons. The van der Waals surface area contributed by atoms with Gasteiger partial charge in [0.25, 0.3) is 0 Å². The van der Waals surface area contributed by atoms with Crippen molar-refractivity contribution in [2.75, 3.05) is 26.2 Å². The average molecular weight is 366 g/mol. The Morgan fingerprint density at radius 2 is 1.89 bits per heavy atom. The molecule has 0 bridgehead atoms. The van der Waals surface area contributed by atoms with E-state index in [9.17, 15) is 5.11 Å². The van der Waals surface area contributed by atoms with Gasteiger partial charge < -0.3 is 14.7 Å². The molecular formula is C22H26N2O3. The standard InChI is InChI=1S/C22H26N2O3/c1-2-13-24(15-19(25)17-26-20-11-7-4-8-12-20)16-21-14-22(23-27-21)18-9-5-3-6-10-18/h2-12,19,21,25H,1,13-17H2/t19-,21+/m0/s1. The van der Waals surface area contributed by atoms with Crippen molar-refractivity contribution in [3.05, 3.63) is 78.9 Å². The minimum absolute atomic E-state index is 0.0256. The number of ether oxygens (including phenoxy) is 1. The van der Waals surface area contributed by atoms with E-state index >= 15 is 0 Å². The first-order valence-electron chi connectivity index (χ1n) is 9.22. The maximum Gasteiger partial charge on any atom is 0.145 e. The molecule has 1 aliphatic rings. The van der Waals surface area contributed by atoms with Gasteiger partial charge in [-0.05, 0) is 17.7 Å². The van der Waals surface area contributed by atoms with Gasteiger partial charge in [0.2, 0.25) is 0 Å². The Morgan fingerprint density at radius 1 is 1.19 bits per heavy atom. The van der Waals surface area contributed by atoms with Gasteiger partial charge in [0, 0.05) is 26.1 Å². The molecule has 0 fully saturated rings. The summed E-state index contributed by atoms with van der Waals surface area (Å²) in [5, 5.41) is 14.6. The highest BCUT2D eigenvalue weighted by atomic mass is 16.6. The first-order valence-corrected chi connectivity index (χ1v) is 9.22. The summed E-state index contributed by atoms with van der Waals surface area (Å²) in [6, 6.07) is 19.6. The van der Waals surface area contributed by atoms with Crippen molar-refractivity contribution in [1.82, 2.24) is 4.90 Å². The van der Waals surface area contributed by atoms with Gasteiger partial charge in [0.15, 0.2) is 0 Å². The molecule has 5 nitrogen and oxygen atoms in total. The summed E-state index contributed by atoms with van der Waals surface area (Å²) in [7, 11) is 0. The molecule has 0 aliphatic carbocycles. The summed E-state index contributed by atoms with van der Waals surface area (Å²) in [6.07, 6.45) is 1.97. The van der Waals surface area contributed by atoms with Crippen molar-refractivity contribution in [3.8, 4) is 5.75 Å². The maximum atomic E-state index is 10.3. The average Bonchev–Trinajstić information content (AvgIpc) is 3.16. The van der Waals surface area contributed by atoms with Gasteiger partial charge in [-0.1, -0.05) is 59.8 Å². The highest BCUT2D eigenvalue weighted by Gasteiger charge is 2.25. The molecule has 0 saturated carbocycles. The Labute approximate surface area is 160 Å². The lowest BCUT2D eigenvalue weighted by atomic mass is 10.0.